The summed E-state index contributed by atoms with van der Waals surface area (Å²) in [5.74, 6) is -0.917. The summed E-state index contributed by atoms with van der Waals surface area (Å²) in [6.45, 7) is 3.98. The Balaban J connectivity index is 4.32. The highest BCUT2D eigenvalue weighted by Gasteiger charge is 2.26. The summed E-state index contributed by atoms with van der Waals surface area (Å²) in [4.78, 5) is 35.1. The van der Waals surface area contributed by atoms with Gasteiger partial charge in [0.1, 0.15) is 6.61 Å². The van der Waals surface area contributed by atoms with Gasteiger partial charge in [0.25, 0.3) is 0 Å². The van der Waals surface area contributed by atoms with Gasteiger partial charge in [0.15, 0.2) is 6.10 Å². The molecule has 0 fully saturated rings. The van der Waals surface area contributed by atoms with Crippen molar-refractivity contribution in [3.63, 3.8) is 0 Å². The summed E-state index contributed by atoms with van der Waals surface area (Å²) in [5.41, 5.74) is 0. The van der Waals surface area contributed by atoms with Crippen LogP contribution in [-0.4, -0.2) is 56.3 Å². The molecule has 0 saturated carbocycles. The molecule has 0 heterocycles. The van der Waals surface area contributed by atoms with Crippen molar-refractivity contribution < 1.29 is 37.6 Å². The highest BCUT2D eigenvalue weighted by atomic mass is 31.2. The Morgan fingerprint density at radius 1 is 0.533 bits per heavy atom. The summed E-state index contributed by atoms with van der Waals surface area (Å²) in [6.07, 6.45) is 57.5. The van der Waals surface area contributed by atoms with Gasteiger partial charge in [0.05, 0.1) is 13.2 Å². The molecule has 0 aromatic rings. The third-order valence-corrected chi connectivity index (χ3v) is 10.2. The van der Waals surface area contributed by atoms with E-state index in [0.29, 0.717) is 13.0 Å². The first-order valence-corrected chi connectivity index (χ1v) is 24.7. The van der Waals surface area contributed by atoms with Crippen LogP contribution in [0.15, 0.2) is 97.2 Å². The summed E-state index contributed by atoms with van der Waals surface area (Å²) in [5, 5.41) is 2.82. The zero-order valence-electron chi connectivity index (χ0n) is 37.9. The van der Waals surface area contributed by atoms with Crippen molar-refractivity contribution in [3.05, 3.63) is 97.2 Å². The minimum atomic E-state index is -4.38. The monoisotopic (exact) mass is 858 g/mol. The van der Waals surface area contributed by atoms with Gasteiger partial charge in [-0.3, -0.25) is 18.6 Å². The quantitative estimate of drug-likeness (QED) is 0.0267. The lowest BCUT2D eigenvalue weighted by atomic mass is 10.1. The van der Waals surface area contributed by atoms with Crippen LogP contribution < -0.4 is 5.32 Å². The number of likely N-dealkylation sites (N-methyl/N-ethyl adjacent to an activating group) is 1. The normalized spacial score (nSPS) is 14.1. The van der Waals surface area contributed by atoms with E-state index in [9.17, 15) is 19.0 Å². The number of phosphoric acid groups is 1. The second kappa shape index (κ2) is 45.5. The van der Waals surface area contributed by atoms with E-state index in [-0.39, 0.29) is 26.1 Å². The zero-order chi connectivity index (χ0) is 43.9. The molecule has 0 rings (SSSR count). The molecule has 60 heavy (non-hydrogen) atoms. The van der Waals surface area contributed by atoms with Gasteiger partial charge in [0.2, 0.25) is 0 Å². The predicted octanol–water partition coefficient (Wildman–Crippen LogP) is 13.6. The molecule has 0 aromatic carbocycles. The van der Waals surface area contributed by atoms with Gasteiger partial charge in [-0.05, 0) is 90.5 Å². The molecule has 0 bridgehead atoms. The van der Waals surface area contributed by atoms with Crippen LogP contribution in [0.4, 0.5) is 0 Å². The SMILES string of the molecule is CC/C=C\C/C=C\C/C=C\C/C=C\C/C=C\C/C=C\CCC(=O)OC(COC(=O)CCCCCCCCCCC/C=C\C/C=C\CCCCC)COP(=O)(O)OCCNC. The van der Waals surface area contributed by atoms with Gasteiger partial charge in [-0.15, -0.1) is 0 Å². The molecule has 0 aliphatic heterocycles. The summed E-state index contributed by atoms with van der Waals surface area (Å²) in [7, 11) is -2.69. The van der Waals surface area contributed by atoms with E-state index in [4.69, 9.17) is 18.5 Å². The number of phosphoric ester groups is 1. The van der Waals surface area contributed by atoms with Crippen molar-refractivity contribution in [1.29, 1.82) is 0 Å². The summed E-state index contributed by atoms with van der Waals surface area (Å²) in [6, 6.07) is 0. The smallest absolute Gasteiger partial charge is 0.462 e. The Hall–Kier alpha value is -3.07. The first-order valence-electron chi connectivity index (χ1n) is 23.2. The molecule has 0 radical (unpaired) electrons. The maximum atomic E-state index is 12.6. The first-order chi connectivity index (χ1) is 29.3. The number of hydrogen-bond donors (Lipinski definition) is 2. The molecule has 2 N–H and O–H groups in total. The molecule has 2 unspecified atom stereocenters. The lowest BCUT2D eigenvalue weighted by Crippen LogP contribution is -2.29. The highest BCUT2D eigenvalue weighted by Crippen LogP contribution is 2.43. The second-order valence-corrected chi connectivity index (χ2v) is 16.3. The Kier molecular flexibility index (Phi) is 43.1. The largest absolute Gasteiger partial charge is 0.472 e. The van der Waals surface area contributed by atoms with E-state index in [2.05, 4.69) is 104 Å². The number of nitrogens with one attached hydrogen (secondary N) is 1. The van der Waals surface area contributed by atoms with Crippen molar-refractivity contribution in [2.75, 3.05) is 33.4 Å². The average molecular weight is 858 g/mol. The van der Waals surface area contributed by atoms with E-state index < -0.39 is 32.5 Å². The molecular weight excluding hydrogens is 774 g/mol. The second-order valence-electron chi connectivity index (χ2n) is 14.8. The minimum absolute atomic E-state index is 0.0365. The molecular formula is C50H84NO8P. The number of carbonyl (C=O) groups is 2. The number of unbranched alkanes of at least 4 members (excludes halogenated alkanes) is 12. The van der Waals surface area contributed by atoms with E-state index in [1.54, 1.807) is 7.05 Å². The van der Waals surface area contributed by atoms with Gasteiger partial charge >= 0.3 is 19.8 Å². The maximum Gasteiger partial charge on any atom is 0.472 e. The number of allylic oxidation sites excluding steroid dienone is 16. The number of rotatable bonds is 42. The Bertz CT molecular complexity index is 1300. The molecule has 2 atom stereocenters. The van der Waals surface area contributed by atoms with Crippen molar-refractivity contribution in [2.45, 2.75) is 174 Å². The fourth-order valence-electron chi connectivity index (χ4n) is 5.73. The van der Waals surface area contributed by atoms with Crippen LogP contribution >= 0.6 is 7.82 Å². The van der Waals surface area contributed by atoms with Crippen LogP contribution in [0.3, 0.4) is 0 Å². The lowest BCUT2D eigenvalue weighted by Gasteiger charge is -2.19. The average Bonchev–Trinajstić information content (AvgIpc) is 3.23. The van der Waals surface area contributed by atoms with Gasteiger partial charge in [-0.2, -0.15) is 0 Å². The fraction of sp³-hybridized carbons (Fsp3) is 0.640. The molecule has 342 valence electrons. The van der Waals surface area contributed by atoms with E-state index in [1.165, 1.54) is 57.8 Å². The molecule has 0 saturated heterocycles. The number of esters is 2. The van der Waals surface area contributed by atoms with Crippen LogP contribution in [0.5, 0.6) is 0 Å². The third-order valence-electron chi connectivity index (χ3n) is 9.20. The summed E-state index contributed by atoms with van der Waals surface area (Å²) >= 11 is 0. The van der Waals surface area contributed by atoms with E-state index in [0.717, 1.165) is 77.0 Å². The minimum Gasteiger partial charge on any atom is -0.462 e. The van der Waals surface area contributed by atoms with Crippen LogP contribution in [0.1, 0.15) is 168 Å². The summed E-state index contributed by atoms with van der Waals surface area (Å²) < 4.78 is 33.2. The van der Waals surface area contributed by atoms with Crippen molar-refractivity contribution >= 4 is 19.8 Å². The van der Waals surface area contributed by atoms with Crippen molar-refractivity contribution in [1.82, 2.24) is 5.32 Å². The number of hydrogen-bond acceptors (Lipinski definition) is 8. The molecule has 0 aliphatic rings. The van der Waals surface area contributed by atoms with Gasteiger partial charge in [0, 0.05) is 19.4 Å². The van der Waals surface area contributed by atoms with Crippen molar-refractivity contribution in [2.24, 2.45) is 0 Å². The zero-order valence-corrected chi connectivity index (χ0v) is 38.8. The van der Waals surface area contributed by atoms with Crippen LogP contribution in [-0.2, 0) is 32.7 Å². The Morgan fingerprint density at radius 3 is 1.48 bits per heavy atom. The van der Waals surface area contributed by atoms with Crippen LogP contribution in [0.2, 0.25) is 0 Å². The Labute approximate surface area is 366 Å². The number of ether oxygens (including phenoxy) is 2. The van der Waals surface area contributed by atoms with Crippen molar-refractivity contribution in [3.8, 4) is 0 Å². The topological polar surface area (TPSA) is 120 Å². The third kappa shape index (κ3) is 44.5. The predicted molar refractivity (Wildman–Crippen MR) is 252 cm³/mol. The number of carbonyl (C=O) groups excluding carboxylic acids is 2. The maximum absolute atomic E-state index is 12.6. The standard InChI is InChI=1S/C50H84NO8P/c1-4-6-8-10-12-14-16-18-20-22-24-26-28-30-32-34-36-38-40-42-49(52)56-46-48(47-58-60(54,55)57-45-44-51-3)59-50(53)43-41-39-37-35-33-31-29-27-25-23-21-19-17-15-13-11-9-7-5-2/h7,9,12-15,18-21,25,27,31,33,37,39,48,51H,4-6,8,10-11,16-17,22-24,26,28-30,32,34-36,38,40-47H2,1-3H3,(H,54,55)/b9-7-,14-12-,15-13-,20-18-,21-19-,27-25-,33-31-,39-37-. The van der Waals surface area contributed by atoms with Gasteiger partial charge < -0.3 is 19.7 Å². The lowest BCUT2D eigenvalue weighted by molar-refractivity contribution is -0.161. The molecule has 0 spiro atoms. The molecule has 9 nitrogen and oxygen atoms in total. The molecule has 0 aliphatic carbocycles. The van der Waals surface area contributed by atoms with Gasteiger partial charge in [-0.25, -0.2) is 4.57 Å². The first kappa shape index (κ1) is 56.9. The van der Waals surface area contributed by atoms with Gasteiger partial charge in [-0.1, -0.05) is 169 Å². The van der Waals surface area contributed by atoms with Crippen LogP contribution in [0.25, 0.3) is 0 Å². The molecule has 0 amide bonds. The molecule has 10 heteroatoms. The van der Waals surface area contributed by atoms with Crippen LogP contribution in [0, 0.1) is 0 Å². The Morgan fingerprint density at radius 2 is 0.983 bits per heavy atom. The van der Waals surface area contributed by atoms with E-state index >= 15 is 0 Å². The highest BCUT2D eigenvalue weighted by molar-refractivity contribution is 7.47. The molecule has 0 aromatic heterocycles. The fourth-order valence-corrected chi connectivity index (χ4v) is 6.48. The van der Waals surface area contributed by atoms with E-state index in [1.807, 2.05) is 12.2 Å².